The molecule has 0 amide bonds. The third-order valence-electron chi connectivity index (χ3n) is 2.85. The Labute approximate surface area is 118 Å². The van der Waals surface area contributed by atoms with E-state index in [1.54, 1.807) is 24.3 Å². The number of fused-ring (bicyclic) bond motifs is 1. The first-order valence-electron chi connectivity index (χ1n) is 6.05. The van der Waals surface area contributed by atoms with Crippen molar-refractivity contribution >= 4 is 23.0 Å². The number of carboxylic acids is 1. The third-order valence-corrected chi connectivity index (χ3v) is 2.85. The van der Waals surface area contributed by atoms with Gasteiger partial charge in [0.15, 0.2) is 11.3 Å². The number of benzene rings is 1. The third kappa shape index (κ3) is 2.59. The Morgan fingerprint density at radius 2 is 2.19 bits per heavy atom. The number of aromatic nitrogens is 4. The van der Waals surface area contributed by atoms with Crippen molar-refractivity contribution in [3.63, 3.8) is 0 Å². The molecule has 8 nitrogen and oxygen atoms in total. The van der Waals surface area contributed by atoms with Crippen LogP contribution in [-0.2, 0) is 6.61 Å². The molecular weight excluding hydrogens is 274 g/mol. The minimum absolute atomic E-state index is 0.187. The van der Waals surface area contributed by atoms with Crippen LogP contribution in [-0.4, -0.2) is 31.5 Å². The molecule has 0 aliphatic heterocycles. The largest absolute Gasteiger partial charge is 0.486 e. The zero-order valence-corrected chi connectivity index (χ0v) is 10.8. The van der Waals surface area contributed by atoms with Crippen molar-refractivity contribution in [2.24, 2.45) is 0 Å². The van der Waals surface area contributed by atoms with Gasteiger partial charge in [-0.05, 0) is 17.7 Å². The molecule has 3 rings (SSSR count). The van der Waals surface area contributed by atoms with E-state index in [2.05, 4.69) is 20.4 Å². The van der Waals surface area contributed by atoms with E-state index in [9.17, 15) is 4.79 Å². The maximum atomic E-state index is 10.9. The number of H-pyrrole nitrogens is 1. The van der Waals surface area contributed by atoms with E-state index in [1.807, 2.05) is 0 Å². The van der Waals surface area contributed by atoms with Gasteiger partial charge in [0.1, 0.15) is 12.4 Å². The Hall–Kier alpha value is -3.16. The summed E-state index contributed by atoms with van der Waals surface area (Å²) in [5, 5.41) is 19.2. The summed E-state index contributed by atoms with van der Waals surface area (Å²) in [7, 11) is 0. The van der Waals surface area contributed by atoms with Crippen LogP contribution < -0.4 is 10.5 Å². The van der Waals surface area contributed by atoms with Crippen molar-refractivity contribution in [1.29, 1.82) is 0 Å². The van der Waals surface area contributed by atoms with Gasteiger partial charge in [0.25, 0.3) is 0 Å². The molecule has 0 saturated carbocycles. The Bertz CT molecular complexity index is 814. The number of hydrogen-bond donors (Lipinski definition) is 3. The zero-order valence-electron chi connectivity index (χ0n) is 10.8. The molecule has 21 heavy (non-hydrogen) atoms. The highest BCUT2D eigenvalue weighted by molar-refractivity contribution is 5.87. The quantitative estimate of drug-likeness (QED) is 0.657. The number of nitrogen functional groups attached to an aromatic ring is 1. The Balaban J connectivity index is 1.85. The van der Waals surface area contributed by atoms with Gasteiger partial charge in [0.05, 0.1) is 5.56 Å². The average molecular weight is 285 g/mol. The first-order valence-corrected chi connectivity index (χ1v) is 6.05. The van der Waals surface area contributed by atoms with Crippen LogP contribution in [0.25, 0.3) is 11.2 Å². The lowest BCUT2D eigenvalue weighted by molar-refractivity contribution is 0.0696. The van der Waals surface area contributed by atoms with Crippen LogP contribution in [0.4, 0.5) is 5.82 Å². The number of nitrogens with two attached hydrogens (primary N) is 1. The van der Waals surface area contributed by atoms with Crippen LogP contribution in [0.15, 0.2) is 30.3 Å². The lowest BCUT2D eigenvalue weighted by Crippen LogP contribution is -2.01. The molecular formula is C13H11N5O3. The zero-order chi connectivity index (χ0) is 14.8. The lowest BCUT2D eigenvalue weighted by atomic mass is 10.1. The van der Waals surface area contributed by atoms with Gasteiger partial charge in [-0.1, -0.05) is 12.1 Å². The van der Waals surface area contributed by atoms with Gasteiger partial charge in [0.2, 0.25) is 5.65 Å². The number of carboxylic acid groups (broad SMARTS) is 1. The molecule has 4 N–H and O–H groups in total. The molecule has 0 radical (unpaired) electrons. The van der Waals surface area contributed by atoms with Crippen molar-refractivity contribution in [1.82, 2.24) is 20.4 Å². The van der Waals surface area contributed by atoms with Crippen LogP contribution in [0.1, 0.15) is 15.9 Å². The molecule has 0 atom stereocenters. The predicted octanol–water partition coefficient (Wildman–Crippen LogP) is 1.21. The number of carbonyl (C=O) groups is 1. The fraction of sp³-hybridized carbons (Fsp3) is 0.0769. The van der Waals surface area contributed by atoms with Crippen molar-refractivity contribution in [3.8, 4) is 5.75 Å². The summed E-state index contributed by atoms with van der Waals surface area (Å²) in [4.78, 5) is 14.9. The molecule has 1 aromatic carbocycles. The highest BCUT2D eigenvalue weighted by atomic mass is 16.5. The van der Waals surface area contributed by atoms with Gasteiger partial charge in [-0.2, -0.15) is 10.3 Å². The number of aromatic amines is 1. The molecule has 3 aromatic rings. The van der Waals surface area contributed by atoms with E-state index >= 15 is 0 Å². The Morgan fingerprint density at radius 1 is 1.33 bits per heavy atom. The number of pyridine rings is 1. The Kier molecular flexibility index (Phi) is 3.11. The topological polar surface area (TPSA) is 127 Å². The van der Waals surface area contributed by atoms with Crippen LogP contribution in [0.3, 0.4) is 0 Å². The predicted molar refractivity (Wildman–Crippen MR) is 73.8 cm³/mol. The highest BCUT2D eigenvalue weighted by Crippen LogP contribution is 2.24. The molecule has 2 aromatic heterocycles. The first-order chi connectivity index (χ1) is 10.1. The summed E-state index contributed by atoms with van der Waals surface area (Å²) in [5.74, 6) is -0.276. The molecule has 8 heteroatoms. The van der Waals surface area contributed by atoms with Gasteiger partial charge in [-0.25, -0.2) is 9.78 Å². The van der Waals surface area contributed by atoms with Gasteiger partial charge < -0.3 is 15.6 Å². The molecule has 0 unspecified atom stereocenters. The number of rotatable bonds is 4. The van der Waals surface area contributed by atoms with Gasteiger partial charge in [-0.15, -0.1) is 5.10 Å². The van der Waals surface area contributed by atoms with Gasteiger partial charge >= 0.3 is 5.97 Å². The van der Waals surface area contributed by atoms with Crippen molar-refractivity contribution in [3.05, 3.63) is 41.5 Å². The maximum Gasteiger partial charge on any atom is 0.335 e. The molecule has 0 bridgehead atoms. The van der Waals surface area contributed by atoms with Crippen molar-refractivity contribution in [2.45, 2.75) is 6.61 Å². The smallest absolute Gasteiger partial charge is 0.335 e. The first kappa shape index (κ1) is 12.9. The second kappa shape index (κ2) is 5.08. The summed E-state index contributed by atoms with van der Waals surface area (Å²) in [5.41, 5.74) is 7.43. The second-order valence-corrected chi connectivity index (χ2v) is 4.34. The summed E-state index contributed by atoms with van der Waals surface area (Å²) in [6.07, 6.45) is 0. The van der Waals surface area contributed by atoms with Gasteiger partial charge in [-0.3, -0.25) is 0 Å². The SMILES string of the molecule is Nc1cc(OCc2cccc(C(=O)O)c2)c2n[nH]nc2n1. The number of aromatic carboxylic acids is 1. The van der Waals surface area contributed by atoms with Crippen molar-refractivity contribution in [2.75, 3.05) is 5.73 Å². The van der Waals surface area contributed by atoms with E-state index in [4.69, 9.17) is 15.6 Å². The summed E-state index contributed by atoms with van der Waals surface area (Å²) in [6, 6.07) is 8.05. The molecule has 0 aliphatic rings. The standard InChI is InChI=1S/C13H11N5O3/c14-10-5-9(11-12(15-10)17-18-16-11)21-6-7-2-1-3-8(4-7)13(19)20/h1-5H,6H2,(H,19,20)(H3,14,15,16,17,18). The van der Waals surface area contributed by atoms with E-state index in [0.29, 0.717) is 16.9 Å². The number of ether oxygens (including phenoxy) is 1. The minimum atomic E-state index is -0.983. The Morgan fingerprint density at radius 3 is 3.00 bits per heavy atom. The highest BCUT2D eigenvalue weighted by Gasteiger charge is 2.10. The summed E-state index contributed by atoms with van der Waals surface area (Å²) >= 11 is 0. The van der Waals surface area contributed by atoms with Crippen LogP contribution in [0.5, 0.6) is 5.75 Å². The van der Waals surface area contributed by atoms with Gasteiger partial charge in [0, 0.05) is 6.07 Å². The molecule has 106 valence electrons. The molecule has 0 saturated heterocycles. The van der Waals surface area contributed by atoms with Crippen LogP contribution in [0, 0.1) is 0 Å². The number of hydrogen-bond acceptors (Lipinski definition) is 6. The maximum absolute atomic E-state index is 10.9. The van der Waals surface area contributed by atoms with E-state index in [0.717, 1.165) is 5.56 Å². The monoisotopic (exact) mass is 285 g/mol. The average Bonchev–Trinajstić information content (AvgIpc) is 2.93. The summed E-state index contributed by atoms with van der Waals surface area (Å²) in [6.45, 7) is 0.187. The fourth-order valence-corrected chi connectivity index (χ4v) is 1.89. The van der Waals surface area contributed by atoms with E-state index < -0.39 is 5.97 Å². The second-order valence-electron chi connectivity index (χ2n) is 4.34. The molecule has 0 aliphatic carbocycles. The van der Waals surface area contributed by atoms with Crippen LogP contribution >= 0.6 is 0 Å². The summed E-state index contributed by atoms with van der Waals surface area (Å²) < 4.78 is 5.64. The number of nitrogens with one attached hydrogen (secondary N) is 1. The lowest BCUT2D eigenvalue weighted by Gasteiger charge is -2.07. The molecule has 2 heterocycles. The minimum Gasteiger partial charge on any atom is -0.486 e. The molecule has 0 spiro atoms. The number of anilines is 1. The van der Waals surface area contributed by atoms with E-state index in [1.165, 1.54) is 6.07 Å². The number of nitrogens with zero attached hydrogens (tertiary/aromatic N) is 3. The molecule has 0 fully saturated rings. The fourth-order valence-electron chi connectivity index (χ4n) is 1.89. The van der Waals surface area contributed by atoms with E-state index in [-0.39, 0.29) is 18.0 Å². The normalized spacial score (nSPS) is 10.7. The van der Waals surface area contributed by atoms with Crippen molar-refractivity contribution < 1.29 is 14.6 Å². The van der Waals surface area contributed by atoms with Crippen LogP contribution in [0.2, 0.25) is 0 Å².